The molecular formula is C17H18FN3O2. The lowest BCUT2D eigenvalue weighted by atomic mass is 9.97. The van der Waals surface area contributed by atoms with Crippen LogP contribution in [0.3, 0.4) is 0 Å². The molecule has 23 heavy (non-hydrogen) atoms. The minimum absolute atomic E-state index is 0.0115. The summed E-state index contributed by atoms with van der Waals surface area (Å²) < 4.78 is 13.1. The molecule has 0 aliphatic heterocycles. The van der Waals surface area contributed by atoms with Crippen molar-refractivity contribution < 1.29 is 14.3 Å². The van der Waals surface area contributed by atoms with Gasteiger partial charge in [0, 0.05) is 23.2 Å². The molecule has 1 amide bonds. The number of benzene rings is 1. The summed E-state index contributed by atoms with van der Waals surface area (Å²) in [7, 11) is 0. The molecule has 1 aromatic rings. The van der Waals surface area contributed by atoms with Crippen molar-refractivity contribution in [3.05, 3.63) is 70.5 Å². The van der Waals surface area contributed by atoms with Gasteiger partial charge >= 0.3 is 0 Å². The van der Waals surface area contributed by atoms with Crippen molar-refractivity contribution in [3.63, 3.8) is 0 Å². The predicted molar refractivity (Wildman–Crippen MR) is 86.7 cm³/mol. The van der Waals surface area contributed by atoms with E-state index in [2.05, 4.69) is 0 Å². The quantitative estimate of drug-likeness (QED) is 0.620. The fourth-order valence-electron chi connectivity index (χ4n) is 2.25. The molecule has 1 aliphatic rings. The van der Waals surface area contributed by atoms with Gasteiger partial charge in [0.2, 0.25) is 5.91 Å². The summed E-state index contributed by atoms with van der Waals surface area (Å²) in [5.74, 6) is -0.691. The zero-order valence-corrected chi connectivity index (χ0v) is 12.4. The average Bonchev–Trinajstić information content (AvgIpc) is 2.54. The summed E-state index contributed by atoms with van der Waals surface area (Å²) in [6, 6.07) is 4.60. The molecule has 6 heteroatoms. The second-order valence-corrected chi connectivity index (χ2v) is 5.19. The lowest BCUT2D eigenvalue weighted by Gasteiger charge is -2.11. The topological polar surface area (TPSA) is 113 Å². The molecule has 0 aromatic heterocycles. The fraction of sp³-hybridized carbons (Fsp3) is 0.176. The SMILES string of the molecule is N=C(/C=C(\N)C1=CCC(F)C=C1)c1ccc(CO)cc1C(N)=O. The number of hydrogen-bond donors (Lipinski definition) is 4. The number of nitrogens with two attached hydrogens (primary N) is 2. The molecule has 0 saturated heterocycles. The van der Waals surface area contributed by atoms with Crippen LogP contribution >= 0.6 is 0 Å². The molecule has 1 atom stereocenters. The molecule has 0 fully saturated rings. The van der Waals surface area contributed by atoms with Crippen LogP contribution in [0.5, 0.6) is 0 Å². The number of halogens is 1. The monoisotopic (exact) mass is 315 g/mol. The van der Waals surface area contributed by atoms with Gasteiger partial charge in [-0.25, -0.2) is 4.39 Å². The largest absolute Gasteiger partial charge is 0.398 e. The standard InChI is InChI=1S/C17H18FN3O2/c18-12-4-2-11(3-5-12)15(19)8-16(20)13-6-1-10(9-22)7-14(13)17(21)23/h1-4,6-8,12,20,22H,5,9,19H2,(H2,21,23)/b15-8-,20-16?. The number of carbonyl (C=O) groups excluding carboxylic acids is 1. The van der Waals surface area contributed by atoms with E-state index in [4.69, 9.17) is 22.0 Å². The summed E-state index contributed by atoms with van der Waals surface area (Å²) in [5, 5.41) is 17.3. The predicted octanol–water partition coefficient (Wildman–Crippen LogP) is 1.71. The van der Waals surface area contributed by atoms with Crippen LogP contribution in [0.25, 0.3) is 0 Å². The smallest absolute Gasteiger partial charge is 0.249 e. The number of nitrogens with one attached hydrogen (secondary N) is 1. The van der Waals surface area contributed by atoms with Gasteiger partial charge in [0.25, 0.3) is 0 Å². The van der Waals surface area contributed by atoms with Crippen LogP contribution in [0, 0.1) is 5.41 Å². The Balaban J connectivity index is 2.32. The number of allylic oxidation sites excluding steroid dienone is 4. The van der Waals surface area contributed by atoms with Gasteiger partial charge in [-0.3, -0.25) is 4.79 Å². The summed E-state index contributed by atoms with van der Waals surface area (Å²) in [4.78, 5) is 11.5. The zero-order valence-electron chi connectivity index (χ0n) is 12.4. The average molecular weight is 315 g/mol. The molecule has 1 aliphatic carbocycles. The van der Waals surface area contributed by atoms with Crippen LogP contribution in [-0.2, 0) is 6.61 Å². The molecule has 0 radical (unpaired) electrons. The van der Waals surface area contributed by atoms with E-state index >= 15 is 0 Å². The summed E-state index contributed by atoms with van der Waals surface area (Å²) >= 11 is 0. The third-order valence-corrected chi connectivity index (χ3v) is 3.50. The van der Waals surface area contributed by atoms with Crippen molar-refractivity contribution >= 4 is 11.6 Å². The van der Waals surface area contributed by atoms with Gasteiger partial charge < -0.3 is 22.0 Å². The second-order valence-electron chi connectivity index (χ2n) is 5.19. The van der Waals surface area contributed by atoms with Crippen molar-refractivity contribution in [3.8, 4) is 0 Å². The Morgan fingerprint density at radius 2 is 2.13 bits per heavy atom. The number of primary amides is 1. The summed E-state index contributed by atoms with van der Waals surface area (Å²) in [5.41, 5.74) is 13.2. The van der Waals surface area contributed by atoms with Gasteiger partial charge in [0.1, 0.15) is 6.17 Å². The molecule has 1 unspecified atom stereocenters. The van der Waals surface area contributed by atoms with E-state index in [0.29, 0.717) is 22.4 Å². The molecule has 120 valence electrons. The van der Waals surface area contributed by atoms with Crippen molar-refractivity contribution in [1.82, 2.24) is 0 Å². The molecule has 0 heterocycles. The van der Waals surface area contributed by atoms with Crippen molar-refractivity contribution in [1.29, 1.82) is 5.41 Å². The third kappa shape index (κ3) is 3.92. The Labute approximate surface area is 133 Å². The van der Waals surface area contributed by atoms with E-state index in [1.165, 1.54) is 18.2 Å². The molecular weight excluding hydrogens is 297 g/mol. The van der Waals surface area contributed by atoms with Crippen LogP contribution in [0.2, 0.25) is 0 Å². The Morgan fingerprint density at radius 3 is 2.70 bits per heavy atom. The normalized spacial score (nSPS) is 17.7. The highest BCUT2D eigenvalue weighted by Crippen LogP contribution is 2.19. The molecule has 0 spiro atoms. The number of aliphatic hydroxyl groups excluding tert-OH is 1. The summed E-state index contributed by atoms with van der Waals surface area (Å²) in [6.07, 6.45) is 5.26. The Bertz CT molecular complexity index is 735. The minimum Gasteiger partial charge on any atom is -0.398 e. The Hall–Kier alpha value is -2.73. The van der Waals surface area contributed by atoms with Crippen molar-refractivity contribution in [2.45, 2.75) is 19.2 Å². The van der Waals surface area contributed by atoms with E-state index in [9.17, 15) is 9.18 Å². The maximum atomic E-state index is 13.1. The number of rotatable bonds is 5. The number of alkyl halides is 1. The zero-order chi connectivity index (χ0) is 17.0. The van der Waals surface area contributed by atoms with Gasteiger partial charge in [-0.1, -0.05) is 24.3 Å². The molecule has 1 aromatic carbocycles. The number of carbonyl (C=O) groups is 1. The first-order valence-electron chi connectivity index (χ1n) is 7.05. The van der Waals surface area contributed by atoms with Gasteiger partial charge in [-0.05, 0) is 29.4 Å². The molecule has 6 N–H and O–H groups in total. The van der Waals surface area contributed by atoms with Crippen molar-refractivity contribution in [2.75, 3.05) is 0 Å². The Kier molecular flexibility index (Phi) is 5.08. The second kappa shape index (κ2) is 7.02. The highest BCUT2D eigenvalue weighted by molar-refractivity contribution is 6.14. The maximum Gasteiger partial charge on any atom is 0.249 e. The van der Waals surface area contributed by atoms with Gasteiger partial charge in [0.05, 0.1) is 12.3 Å². The molecule has 0 bridgehead atoms. The maximum absolute atomic E-state index is 13.1. The molecule has 2 rings (SSSR count). The lowest BCUT2D eigenvalue weighted by molar-refractivity contribution is 0.1000. The minimum atomic E-state index is -1.02. The van der Waals surface area contributed by atoms with Gasteiger partial charge in [-0.2, -0.15) is 0 Å². The fourth-order valence-corrected chi connectivity index (χ4v) is 2.25. The first-order valence-corrected chi connectivity index (χ1v) is 7.05. The number of hydrogen-bond acceptors (Lipinski definition) is 4. The van der Waals surface area contributed by atoms with Crippen LogP contribution in [0.4, 0.5) is 4.39 Å². The number of amides is 1. The van der Waals surface area contributed by atoms with E-state index in [1.54, 1.807) is 24.3 Å². The van der Waals surface area contributed by atoms with E-state index in [-0.39, 0.29) is 24.3 Å². The van der Waals surface area contributed by atoms with E-state index < -0.39 is 12.1 Å². The summed E-state index contributed by atoms with van der Waals surface area (Å²) in [6.45, 7) is -0.228. The first-order chi connectivity index (χ1) is 10.9. The van der Waals surface area contributed by atoms with E-state index in [0.717, 1.165) is 0 Å². The van der Waals surface area contributed by atoms with E-state index in [1.807, 2.05) is 0 Å². The van der Waals surface area contributed by atoms with Crippen LogP contribution in [0.1, 0.15) is 27.9 Å². The highest BCUT2D eigenvalue weighted by Gasteiger charge is 2.14. The first kappa shape index (κ1) is 16.6. The number of aliphatic hydroxyl groups is 1. The molecule has 5 nitrogen and oxygen atoms in total. The third-order valence-electron chi connectivity index (χ3n) is 3.50. The Morgan fingerprint density at radius 1 is 1.39 bits per heavy atom. The molecule has 0 saturated carbocycles. The van der Waals surface area contributed by atoms with Crippen LogP contribution in [-0.4, -0.2) is 22.9 Å². The van der Waals surface area contributed by atoms with Crippen molar-refractivity contribution in [2.24, 2.45) is 11.5 Å². The van der Waals surface area contributed by atoms with Gasteiger partial charge in [-0.15, -0.1) is 0 Å². The highest BCUT2D eigenvalue weighted by atomic mass is 19.1. The van der Waals surface area contributed by atoms with Crippen LogP contribution < -0.4 is 11.5 Å². The van der Waals surface area contributed by atoms with Gasteiger partial charge in [0.15, 0.2) is 0 Å². The lowest BCUT2D eigenvalue weighted by Crippen LogP contribution is -2.17. The van der Waals surface area contributed by atoms with Crippen LogP contribution in [0.15, 0.2) is 53.8 Å².